The Morgan fingerprint density at radius 3 is 2.48 bits per heavy atom. The highest BCUT2D eigenvalue weighted by molar-refractivity contribution is 7.89. The number of anilines is 1. The van der Waals surface area contributed by atoms with E-state index in [0.717, 1.165) is 11.1 Å². The number of rotatable bonds is 4. The summed E-state index contributed by atoms with van der Waals surface area (Å²) in [6.07, 6.45) is 0.635. The summed E-state index contributed by atoms with van der Waals surface area (Å²) in [5, 5.41) is 2.88. The molecule has 0 fully saturated rings. The maximum atomic E-state index is 12.9. The number of furan rings is 1. The largest absolute Gasteiger partial charge is 0.466 e. The fourth-order valence-electron chi connectivity index (χ4n) is 3.61. The maximum absolute atomic E-state index is 12.9. The zero-order valence-corrected chi connectivity index (χ0v) is 17.1. The van der Waals surface area contributed by atoms with Crippen molar-refractivity contribution >= 4 is 21.6 Å². The van der Waals surface area contributed by atoms with Crippen LogP contribution in [-0.4, -0.2) is 25.2 Å². The van der Waals surface area contributed by atoms with Crippen molar-refractivity contribution in [3.05, 3.63) is 82.8 Å². The van der Waals surface area contributed by atoms with Crippen molar-refractivity contribution in [2.75, 3.05) is 11.9 Å². The molecule has 1 aromatic heterocycles. The van der Waals surface area contributed by atoms with Crippen LogP contribution in [-0.2, 0) is 23.0 Å². The number of carbonyl (C=O) groups excluding carboxylic acids is 1. The van der Waals surface area contributed by atoms with Crippen LogP contribution in [0.15, 0.2) is 63.9 Å². The van der Waals surface area contributed by atoms with Gasteiger partial charge in [0.1, 0.15) is 11.5 Å². The van der Waals surface area contributed by atoms with Crippen LogP contribution in [0.3, 0.4) is 0 Å². The van der Waals surface area contributed by atoms with Gasteiger partial charge in [-0.25, -0.2) is 8.42 Å². The average molecular weight is 410 g/mol. The van der Waals surface area contributed by atoms with Gasteiger partial charge < -0.3 is 9.73 Å². The van der Waals surface area contributed by atoms with Gasteiger partial charge in [0.05, 0.1) is 10.5 Å². The molecule has 0 aliphatic carbocycles. The van der Waals surface area contributed by atoms with Crippen molar-refractivity contribution in [3.63, 3.8) is 0 Å². The number of nitrogens with zero attached hydrogens (tertiary/aromatic N) is 1. The van der Waals surface area contributed by atoms with Crippen molar-refractivity contribution in [2.24, 2.45) is 0 Å². The van der Waals surface area contributed by atoms with Gasteiger partial charge in [-0.1, -0.05) is 24.3 Å². The van der Waals surface area contributed by atoms with E-state index in [1.807, 2.05) is 18.2 Å². The predicted octanol–water partition coefficient (Wildman–Crippen LogP) is 3.90. The summed E-state index contributed by atoms with van der Waals surface area (Å²) in [4.78, 5) is 12.8. The molecule has 7 heteroatoms. The first-order valence-corrected chi connectivity index (χ1v) is 10.8. The number of benzene rings is 2. The minimum absolute atomic E-state index is 0.246. The molecule has 0 unspecified atom stereocenters. The standard InChI is InChI=1S/C22H22N2O4S/c1-15-12-21(16(2)28-15)22(25)23-19-9-8-17-10-11-24(14-18(17)13-19)29(26,27)20-6-4-3-5-7-20/h3-9,12-13H,10-11,14H2,1-2H3,(H,23,25). The van der Waals surface area contributed by atoms with Crippen molar-refractivity contribution in [1.29, 1.82) is 0 Å². The first kappa shape index (κ1) is 19.4. The second-order valence-corrected chi connectivity index (χ2v) is 9.10. The molecular formula is C22H22N2O4S. The molecule has 0 bridgehead atoms. The van der Waals surface area contributed by atoms with Crippen LogP contribution in [0.4, 0.5) is 5.69 Å². The summed E-state index contributed by atoms with van der Waals surface area (Å²) < 4.78 is 32.8. The maximum Gasteiger partial charge on any atom is 0.259 e. The SMILES string of the molecule is Cc1cc(C(=O)Nc2ccc3c(c2)CN(S(=O)(=O)c2ccccc2)CC3)c(C)o1. The van der Waals surface area contributed by atoms with Gasteiger partial charge in [-0.2, -0.15) is 4.31 Å². The number of fused-ring (bicyclic) bond motifs is 1. The van der Waals surface area contributed by atoms with E-state index in [2.05, 4.69) is 5.32 Å². The second kappa shape index (κ2) is 7.50. The van der Waals surface area contributed by atoms with E-state index in [1.54, 1.807) is 50.2 Å². The fourth-order valence-corrected chi connectivity index (χ4v) is 5.05. The van der Waals surface area contributed by atoms with E-state index < -0.39 is 10.0 Å². The Kier molecular flexibility index (Phi) is 5.02. The molecular weight excluding hydrogens is 388 g/mol. The van der Waals surface area contributed by atoms with E-state index in [1.165, 1.54) is 4.31 Å². The molecule has 1 N–H and O–H groups in total. The molecule has 0 saturated carbocycles. The number of nitrogens with one attached hydrogen (secondary N) is 1. The highest BCUT2D eigenvalue weighted by Crippen LogP contribution is 2.27. The first-order chi connectivity index (χ1) is 13.8. The van der Waals surface area contributed by atoms with Gasteiger partial charge in [0.2, 0.25) is 10.0 Å². The van der Waals surface area contributed by atoms with Crippen LogP contribution in [0.25, 0.3) is 0 Å². The van der Waals surface area contributed by atoms with Gasteiger partial charge in [-0.15, -0.1) is 0 Å². The number of hydrogen-bond acceptors (Lipinski definition) is 4. The summed E-state index contributed by atoms with van der Waals surface area (Å²) in [7, 11) is -3.55. The van der Waals surface area contributed by atoms with E-state index in [-0.39, 0.29) is 12.5 Å². The zero-order valence-electron chi connectivity index (χ0n) is 16.3. The van der Waals surface area contributed by atoms with Crippen LogP contribution in [0.1, 0.15) is 33.0 Å². The van der Waals surface area contributed by atoms with Gasteiger partial charge in [0, 0.05) is 18.8 Å². The molecule has 0 saturated heterocycles. The Morgan fingerprint density at radius 1 is 1.03 bits per heavy atom. The van der Waals surface area contributed by atoms with Gasteiger partial charge in [0.25, 0.3) is 5.91 Å². The fraction of sp³-hybridized carbons (Fsp3) is 0.227. The molecule has 0 atom stereocenters. The monoisotopic (exact) mass is 410 g/mol. The van der Waals surface area contributed by atoms with Crippen LogP contribution >= 0.6 is 0 Å². The molecule has 1 aliphatic heterocycles. The summed E-state index contributed by atoms with van der Waals surface area (Å²) in [6, 6.07) is 15.8. The second-order valence-electron chi connectivity index (χ2n) is 7.17. The summed E-state index contributed by atoms with van der Waals surface area (Å²) in [5.41, 5.74) is 3.12. The van der Waals surface area contributed by atoms with Crippen molar-refractivity contribution in [2.45, 2.75) is 31.7 Å². The normalized spacial score (nSPS) is 14.4. The van der Waals surface area contributed by atoms with Crippen molar-refractivity contribution in [1.82, 2.24) is 4.31 Å². The molecule has 1 amide bonds. The summed E-state index contributed by atoms with van der Waals surface area (Å²) in [5.74, 6) is 1.00. The Balaban J connectivity index is 1.56. The van der Waals surface area contributed by atoms with Crippen LogP contribution in [0.5, 0.6) is 0 Å². The minimum Gasteiger partial charge on any atom is -0.466 e. The Hall–Kier alpha value is -2.90. The molecule has 3 aromatic rings. The quantitative estimate of drug-likeness (QED) is 0.708. The zero-order chi connectivity index (χ0) is 20.6. The molecule has 150 valence electrons. The van der Waals surface area contributed by atoms with E-state index in [9.17, 15) is 13.2 Å². The molecule has 1 aliphatic rings. The molecule has 4 rings (SSSR count). The lowest BCUT2D eigenvalue weighted by Gasteiger charge is -2.28. The number of sulfonamides is 1. The molecule has 29 heavy (non-hydrogen) atoms. The smallest absolute Gasteiger partial charge is 0.259 e. The number of aryl methyl sites for hydroxylation is 2. The summed E-state index contributed by atoms with van der Waals surface area (Å²) >= 11 is 0. The predicted molar refractivity (Wildman–Crippen MR) is 110 cm³/mol. The minimum atomic E-state index is -3.55. The molecule has 2 aromatic carbocycles. The first-order valence-electron chi connectivity index (χ1n) is 9.40. The van der Waals surface area contributed by atoms with Gasteiger partial charge in [-0.05, 0) is 61.7 Å². The lowest BCUT2D eigenvalue weighted by atomic mass is 10.0. The molecule has 0 radical (unpaired) electrons. The Bertz CT molecular complexity index is 1170. The molecule has 0 spiro atoms. The third kappa shape index (κ3) is 3.83. The van der Waals surface area contributed by atoms with E-state index in [4.69, 9.17) is 4.42 Å². The van der Waals surface area contributed by atoms with Gasteiger partial charge in [0.15, 0.2) is 0 Å². The third-order valence-corrected chi connectivity index (χ3v) is 6.97. The van der Waals surface area contributed by atoms with Gasteiger partial charge >= 0.3 is 0 Å². The van der Waals surface area contributed by atoms with Crippen LogP contribution in [0, 0.1) is 13.8 Å². The number of carbonyl (C=O) groups is 1. The van der Waals surface area contributed by atoms with Crippen molar-refractivity contribution in [3.8, 4) is 0 Å². The lowest BCUT2D eigenvalue weighted by molar-refractivity contribution is 0.102. The Morgan fingerprint density at radius 2 is 1.79 bits per heavy atom. The molecule has 2 heterocycles. The Labute approximate surface area is 170 Å². The van der Waals surface area contributed by atoms with Crippen molar-refractivity contribution < 1.29 is 17.6 Å². The number of hydrogen-bond donors (Lipinski definition) is 1. The third-order valence-electron chi connectivity index (χ3n) is 5.11. The van der Waals surface area contributed by atoms with E-state index >= 15 is 0 Å². The van der Waals surface area contributed by atoms with E-state index in [0.29, 0.717) is 40.6 Å². The summed E-state index contributed by atoms with van der Waals surface area (Å²) in [6.45, 7) is 4.26. The molecule has 6 nitrogen and oxygen atoms in total. The topological polar surface area (TPSA) is 79.6 Å². The van der Waals surface area contributed by atoms with Gasteiger partial charge in [-0.3, -0.25) is 4.79 Å². The van der Waals surface area contributed by atoms with Crippen LogP contribution < -0.4 is 5.32 Å². The lowest BCUT2D eigenvalue weighted by Crippen LogP contribution is -2.36. The highest BCUT2D eigenvalue weighted by atomic mass is 32.2. The van der Waals surface area contributed by atoms with Crippen LogP contribution in [0.2, 0.25) is 0 Å². The number of amides is 1. The average Bonchev–Trinajstić information content (AvgIpc) is 3.06. The highest BCUT2D eigenvalue weighted by Gasteiger charge is 2.28.